The van der Waals surface area contributed by atoms with E-state index in [0.717, 1.165) is 17.9 Å². The van der Waals surface area contributed by atoms with E-state index >= 15 is 0 Å². The molecule has 0 unspecified atom stereocenters. The van der Waals surface area contributed by atoms with E-state index in [-0.39, 0.29) is 0 Å². The summed E-state index contributed by atoms with van der Waals surface area (Å²) in [5.74, 6) is 0. The molecule has 0 amide bonds. The van der Waals surface area contributed by atoms with Crippen LogP contribution in [-0.4, -0.2) is 9.97 Å². The van der Waals surface area contributed by atoms with E-state index in [1.165, 1.54) is 11.1 Å². The molecule has 2 aromatic rings. The first kappa shape index (κ1) is 11.9. The number of imidazole rings is 1. The van der Waals surface area contributed by atoms with E-state index in [9.17, 15) is 0 Å². The van der Waals surface area contributed by atoms with Crippen LogP contribution in [0.2, 0.25) is 0 Å². The maximum absolute atomic E-state index is 4.29. The molecule has 0 fully saturated rings. The molecule has 2 N–H and O–H groups in total. The standard InChI is InChI=1S/C14H19N3/c1-10-6-4-5-7-13(10)11(2)15-8-14-12(3)16-9-17-14/h4-7,9,11,15H,8H2,1-3H3,(H,16,17)/t11-/m0/s1. The quantitative estimate of drug-likeness (QED) is 0.846. The molecule has 1 aromatic heterocycles. The molecule has 3 nitrogen and oxygen atoms in total. The van der Waals surface area contributed by atoms with Crippen LogP contribution in [0.5, 0.6) is 0 Å². The normalized spacial score (nSPS) is 12.6. The Labute approximate surface area is 102 Å². The molecule has 90 valence electrons. The molecule has 0 aliphatic rings. The average molecular weight is 229 g/mol. The van der Waals surface area contributed by atoms with Gasteiger partial charge in [-0.15, -0.1) is 0 Å². The Bertz CT molecular complexity index is 488. The maximum Gasteiger partial charge on any atom is 0.0925 e. The van der Waals surface area contributed by atoms with Crippen LogP contribution in [0.1, 0.15) is 35.5 Å². The van der Waals surface area contributed by atoms with Gasteiger partial charge in [-0.3, -0.25) is 0 Å². The maximum atomic E-state index is 4.29. The van der Waals surface area contributed by atoms with Crippen molar-refractivity contribution in [3.8, 4) is 0 Å². The van der Waals surface area contributed by atoms with Crippen molar-refractivity contribution < 1.29 is 0 Å². The highest BCUT2D eigenvalue weighted by molar-refractivity contribution is 5.28. The fourth-order valence-electron chi connectivity index (χ4n) is 2.00. The molecule has 0 bridgehead atoms. The molecule has 0 saturated carbocycles. The summed E-state index contributed by atoms with van der Waals surface area (Å²) in [6.45, 7) is 7.17. The number of aromatic amines is 1. The Hall–Kier alpha value is -1.61. The molecule has 0 spiro atoms. The van der Waals surface area contributed by atoms with Crippen molar-refractivity contribution in [1.29, 1.82) is 0 Å². The first-order valence-corrected chi connectivity index (χ1v) is 5.96. The molecule has 0 saturated heterocycles. The van der Waals surface area contributed by atoms with E-state index < -0.39 is 0 Å². The Morgan fingerprint density at radius 1 is 1.29 bits per heavy atom. The molecule has 3 heteroatoms. The monoisotopic (exact) mass is 229 g/mol. The number of nitrogens with one attached hydrogen (secondary N) is 2. The van der Waals surface area contributed by atoms with Crippen molar-refractivity contribution in [2.75, 3.05) is 0 Å². The molecule has 2 rings (SSSR count). The summed E-state index contributed by atoms with van der Waals surface area (Å²) in [5.41, 5.74) is 4.90. The zero-order valence-corrected chi connectivity index (χ0v) is 10.6. The van der Waals surface area contributed by atoms with Crippen LogP contribution >= 0.6 is 0 Å². The highest BCUT2D eigenvalue weighted by Gasteiger charge is 2.08. The number of aromatic nitrogens is 2. The fourth-order valence-corrected chi connectivity index (χ4v) is 2.00. The van der Waals surface area contributed by atoms with Gasteiger partial charge in [0.05, 0.1) is 12.0 Å². The molecule has 0 radical (unpaired) electrons. The SMILES string of the molecule is Cc1ccccc1[C@H](C)NCc1nc[nH]c1C. The van der Waals surface area contributed by atoms with Gasteiger partial charge in [-0.2, -0.15) is 0 Å². The van der Waals surface area contributed by atoms with Gasteiger partial charge in [0.1, 0.15) is 0 Å². The smallest absolute Gasteiger partial charge is 0.0925 e. The third-order valence-corrected chi connectivity index (χ3v) is 3.16. The minimum Gasteiger partial charge on any atom is -0.348 e. The second kappa shape index (κ2) is 5.15. The van der Waals surface area contributed by atoms with E-state index in [1.807, 2.05) is 6.92 Å². The lowest BCUT2D eigenvalue weighted by Crippen LogP contribution is -2.19. The number of H-pyrrole nitrogens is 1. The fraction of sp³-hybridized carbons (Fsp3) is 0.357. The first-order chi connectivity index (χ1) is 8.18. The molecule has 1 aromatic carbocycles. The van der Waals surface area contributed by atoms with Crippen molar-refractivity contribution in [2.24, 2.45) is 0 Å². The van der Waals surface area contributed by atoms with Gasteiger partial charge in [0.15, 0.2) is 0 Å². The second-order valence-corrected chi connectivity index (χ2v) is 4.43. The summed E-state index contributed by atoms with van der Waals surface area (Å²) in [4.78, 5) is 7.38. The molecule has 17 heavy (non-hydrogen) atoms. The lowest BCUT2D eigenvalue weighted by molar-refractivity contribution is 0.565. The summed E-state index contributed by atoms with van der Waals surface area (Å²) in [6, 6.07) is 8.81. The van der Waals surface area contributed by atoms with E-state index in [2.05, 4.69) is 53.4 Å². The van der Waals surface area contributed by atoms with Crippen molar-refractivity contribution in [1.82, 2.24) is 15.3 Å². The minimum absolute atomic E-state index is 0.340. The van der Waals surface area contributed by atoms with Gasteiger partial charge in [0.25, 0.3) is 0 Å². The van der Waals surface area contributed by atoms with Crippen molar-refractivity contribution in [3.63, 3.8) is 0 Å². The highest BCUT2D eigenvalue weighted by atomic mass is 15.0. The second-order valence-electron chi connectivity index (χ2n) is 4.43. The summed E-state index contributed by atoms with van der Waals surface area (Å²) in [5, 5.41) is 3.50. The van der Waals surface area contributed by atoms with Crippen LogP contribution in [0.15, 0.2) is 30.6 Å². The number of hydrogen-bond donors (Lipinski definition) is 2. The lowest BCUT2D eigenvalue weighted by Gasteiger charge is -2.16. The number of aryl methyl sites for hydroxylation is 2. The molecular formula is C14H19N3. The van der Waals surface area contributed by atoms with Crippen LogP contribution in [0.25, 0.3) is 0 Å². The third kappa shape index (κ3) is 2.74. The van der Waals surface area contributed by atoms with Crippen molar-refractivity contribution in [3.05, 3.63) is 53.1 Å². The van der Waals surface area contributed by atoms with Crippen LogP contribution < -0.4 is 5.32 Å². The minimum atomic E-state index is 0.340. The van der Waals surface area contributed by atoms with Gasteiger partial charge in [0, 0.05) is 18.3 Å². The van der Waals surface area contributed by atoms with Gasteiger partial charge < -0.3 is 10.3 Å². The highest BCUT2D eigenvalue weighted by Crippen LogP contribution is 2.17. The number of rotatable bonds is 4. The van der Waals surface area contributed by atoms with Crippen molar-refractivity contribution in [2.45, 2.75) is 33.4 Å². The van der Waals surface area contributed by atoms with E-state index in [0.29, 0.717) is 6.04 Å². The van der Waals surface area contributed by atoms with E-state index in [4.69, 9.17) is 0 Å². The summed E-state index contributed by atoms with van der Waals surface area (Å²) in [7, 11) is 0. The van der Waals surface area contributed by atoms with Crippen LogP contribution in [0.4, 0.5) is 0 Å². The first-order valence-electron chi connectivity index (χ1n) is 5.96. The molecular weight excluding hydrogens is 210 g/mol. The predicted octanol–water partition coefficient (Wildman–Crippen LogP) is 2.88. The van der Waals surface area contributed by atoms with Gasteiger partial charge >= 0.3 is 0 Å². The summed E-state index contributed by atoms with van der Waals surface area (Å²) >= 11 is 0. The Morgan fingerprint density at radius 2 is 2.06 bits per heavy atom. The lowest BCUT2D eigenvalue weighted by atomic mass is 10.0. The van der Waals surface area contributed by atoms with E-state index in [1.54, 1.807) is 6.33 Å². The number of hydrogen-bond acceptors (Lipinski definition) is 2. The van der Waals surface area contributed by atoms with Gasteiger partial charge in [0.2, 0.25) is 0 Å². The third-order valence-electron chi connectivity index (χ3n) is 3.16. The average Bonchev–Trinajstić information content (AvgIpc) is 2.72. The summed E-state index contributed by atoms with van der Waals surface area (Å²) < 4.78 is 0. The predicted molar refractivity (Wildman–Crippen MR) is 69.8 cm³/mol. The number of benzene rings is 1. The summed E-state index contributed by atoms with van der Waals surface area (Å²) in [6.07, 6.45) is 1.74. The topological polar surface area (TPSA) is 40.7 Å². The molecule has 1 atom stereocenters. The van der Waals surface area contributed by atoms with Crippen LogP contribution in [0.3, 0.4) is 0 Å². The molecule has 0 aliphatic heterocycles. The van der Waals surface area contributed by atoms with Gasteiger partial charge in [-0.05, 0) is 31.9 Å². The van der Waals surface area contributed by atoms with Gasteiger partial charge in [-0.1, -0.05) is 24.3 Å². The Kier molecular flexibility index (Phi) is 3.59. The zero-order valence-electron chi connectivity index (χ0n) is 10.6. The zero-order chi connectivity index (χ0) is 12.3. The van der Waals surface area contributed by atoms with Gasteiger partial charge in [-0.25, -0.2) is 4.98 Å². The number of nitrogens with zero attached hydrogens (tertiary/aromatic N) is 1. The Balaban J connectivity index is 2.01. The molecule has 1 heterocycles. The van der Waals surface area contributed by atoms with Crippen molar-refractivity contribution >= 4 is 0 Å². The molecule has 0 aliphatic carbocycles. The largest absolute Gasteiger partial charge is 0.348 e. The van der Waals surface area contributed by atoms with Crippen LogP contribution in [-0.2, 0) is 6.54 Å². The van der Waals surface area contributed by atoms with Crippen LogP contribution in [0, 0.1) is 13.8 Å². The Morgan fingerprint density at radius 3 is 2.71 bits per heavy atom.